The number of carbonyl (C=O) groups excluding carboxylic acids is 3. The van der Waals surface area contributed by atoms with E-state index in [-0.39, 0.29) is 25.4 Å². The summed E-state index contributed by atoms with van der Waals surface area (Å²) in [6, 6.07) is 4.75. The Morgan fingerprint density at radius 1 is 1.25 bits per heavy atom. The lowest BCUT2D eigenvalue weighted by atomic mass is 10.1. The van der Waals surface area contributed by atoms with E-state index >= 15 is 0 Å². The first kappa shape index (κ1) is 23.3. The molecule has 2 amide bonds. The van der Waals surface area contributed by atoms with Gasteiger partial charge >= 0.3 is 12.1 Å². The van der Waals surface area contributed by atoms with Gasteiger partial charge in [-0.05, 0) is 46.8 Å². The highest BCUT2D eigenvalue weighted by atomic mass is 16.6. The third kappa shape index (κ3) is 7.46. The average Bonchev–Trinajstić information content (AvgIpc) is 2.58. The molecule has 8 heteroatoms. The molecule has 1 atom stereocenters. The van der Waals surface area contributed by atoms with Crippen LogP contribution in [0.15, 0.2) is 18.2 Å². The zero-order valence-corrected chi connectivity index (χ0v) is 17.5. The van der Waals surface area contributed by atoms with Crippen LogP contribution in [0.4, 0.5) is 10.5 Å². The Hall–Kier alpha value is -2.77. The van der Waals surface area contributed by atoms with Crippen LogP contribution < -0.4 is 11.1 Å². The monoisotopic (exact) mass is 393 g/mol. The third-order valence-electron chi connectivity index (χ3n) is 3.94. The number of amides is 2. The number of carbonyl (C=O) groups is 3. The summed E-state index contributed by atoms with van der Waals surface area (Å²) in [6.45, 7) is 9.25. The van der Waals surface area contributed by atoms with Gasteiger partial charge in [-0.1, -0.05) is 11.6 Å². The van der Waals surface area contributed by atoms with E-state index in [9.17, 15) is 14.4 Å². The molecule has 1 rings (SSSR count). The number of rotatable bonds is 7. The minimum Gasteiger partial charge on any atom is -0.469 e. The lowest BCUT2D eigenvalue weighted by molar-refractivity contribution is -0.141. The number of methoxy groups -OCH3 is 1. The van der Waals surface area contributed by atoms with Crippen LogP contribution in [0, 0.1) is 6.92 Å². The molecule has 0 aliphatic rings. The van der Waals surface area contributed by atoms with Crippen molar-refractivity contribution in [2.45, 2.75) is 52.7 Å². The molecular formula is C20H31N3O5. The molecule has 1 aromatic rings. The van der Waals surface area contributed by atoms with Crippen LogP contribution in [0.25, 0.3) is 0 Å². The van der Waals surface area contributed by atoms with Crippen LogP contribution in [-0.2, 0) is 14.3 Å². The molecule has 0 aliphatic carbocycles. The van der Waals surface area contributed by atoms with E-state index in [4.69, 9.17) is 15.2 Å². The summed E-state index contributed by atoms with van der Waals surface area (Å²) in [5.74, 6) is -0.744. The lowest BCUT2D eigenvalue weighted by Gasteiger charge is -2.29. The van der Waals surface area contributed by atoms with E-state index in [0.717, 1.165) is 5.56 Å². The molecule has 0 saturated heterocycles. The second kappa shape index (κ2) is 9.96. The molecule has 0 radical (unpaired) electrons. The summed E-state index contributed by atoms with van der Waals surface area (Å²) in [4.78, 5) is 38.1. The Morgan fingerprint density at radius 3 is 2.46 bits per heavy atom. The second-order valence-electron chi connectivity index (χ2n) is 7.65. The van der Waals surface area contributed by atoms with Crippen LogP contribution >= 0.6 is 0 Å². The van der Waals surface area contributed by atoms with Crippen molar-refractivity contribution in [1.29, 1.82) is 0 Å². The molecule has 0 bridgehead atoms. The number of nitrogens with one attached hydrogen (secondary N) is 1. The van der Waals surface area contributed by atoms with Crippen molar-refractivity contribution in [1.82, 2.24) is 10.2 Å². The molecule has 156 valence electrons. The van der Waals surface area contributed by atoms with Crippen molar-refractivity contribution >= 4 is 23.7 Å². The van der Waals surface area contributed by atoms with Gasteiger partial charge in [0.1, 0.15) is 5.60 Å². The largest absolute Gasteiger partial charge is 0.469 e. The summed E-state index contributed by atoms with van der Waals surface area (Å²) in [7, 11) is 1.30. The van der Waals surface area contributed by atoms with Crippen LogP contribution in [0.5, 0.6) is 0 Å². The van der Waals surface area contributed by atoms with Gasteiger partial charge in [0.2, 0.25) is 0 Å². The topological polar surface area (TPSA) is 111 Å². The molecule has 0 heterocycles. The number of aryl methyl sites for hydroxylation is 1. The Bertz CT molecular complexity index is 712. The van der Waals surface area contributed by atoms with Crippen molar-refractivity contribution < 1.29 is 23.9 Å². The normalized spacial score (nSPS) is 12.1. The highest BCUT2D eigenvalue weighted by molar-refractivity contribution is 5.99. The molecule has 28 heavy (non-hydrogen) atoms. The SMILES string of the molecule is COC(=O)CC(C)N(CCNC(=O)OC(C)(C)C)C(=O)c1cc(C)ccc1N. The molecular weight excluding hydrogens is 362 g/mol. The molecule has 1 unspecified atom stereocenters. The van der Waals surface area contributed by atoms with E-state index in [1.54, 1.807) is 39.8 Å². The fourth-order valence-electron chi connectivity index (χ4n) is 2.56. The molecule has 0 spiro atoms. The van der Waals surface area contributed by atoms with Crippen LogP contribution in [0.3, 0.4) is 0 Å². The summed E-state index contributed by atoms with van der Waals surface area (Å²) in [5.41, 5.74) is 6.96. The molecule has 0 fully saturated rings. The van der Waals surface area contributed by atoms with Crippen molar-refractivity contribution in [2.24, 2.45) is 0 Å². The summed E-state index contributed by atoms with van der Waals surface area (Å²) in [6.07, 6.45) is -0.545. The molecule has 0 saturated carbocycles. The van der Waals surface area contributed by atoms with Gasteiger partial charge in [0.05, 0.1) is 19.1 Å². The third-order valence-corrected chi connectivity index (χ3v) is 3.94. The van der Waals surface area contributed by atoms with Gasteiger partial charge < -0.3 is 25.4 Å². The van der Waals surface area contributed by atoms with Gasteiger partial charge in [0.25, 0.3) is 5.91 Å². The van der Waals surface area contributed by atoms with Crippen molar-refractivity contribution in [2.75, 3.05) is 25.9 Å². The smallest absolute Gasteiger partial charge is 0.407 e. The van der Waals surface area contributed by atoms with E-state index in [1.807, 2.05) is 13.0 Å². The Labute approximate surface area is 166 Å². The number of ether oxygens (including phenoxy) is 2. The molecule has 1 aromatic carbocycles. The maximum absolute atomic E-state index is 13.1. The van der Waals surface area contributed by atoms with E-state index in [2.05, 4.69) is 5.32 Å². The predicted octanol–water partition coefficient (Wildman–Crippen LogP) is 2.50. The van der Waals surface area contributed by atoms with Crippen LogP contribution in [0.2, 0.25) is 0 Å². The summed E-state index contributed by atoms with van der Waals surface area (Å²) in [5, 5.41) is 2.62. The van der Waals surface area contributed by atoms with Gasteiger partial charge in [0, 0.05) is 24.8 Å². The average molecular weight is 393 g/mol. The summed E-state index contributed by atoms with van der Waals surface area (Å²) >= 11 is 0. The number of hydrogen-bond acceptors (Lipinski definition) is 6. The number of nitrogens with zero attached hydrogens (tertiary/aromatic N) is 1. The second-order valence-corrected chi connectivity index (χ2v) is 7.65. The number of alkyl carbamates (subject to hydrolysis) is 1. The lowest BCUT2D eigenvalue weighted by Crippen LogP contribution is -2.45. The number of benzene rings is 1. The number of nitrogens with two attached hydrogens (primary N) is 1. The molecule has 8 nitrogen and oxygen atoms in total. The van der Waals surface area contributed by atoms with Crippen LogP contribution in [-0.4, -0.2) is 54.7 Å². The minimum atomic E-state index is -0.617. The van der Waals surface area contributed by atoms with Gasteiger partial charge in [0.15, 0.2) is 0 Å². The quantitative estimate of drug-likeness (QED) is 0.544. The molecule has 3 N–H and O–H groups in total. The fraction of sp³-hybridized carbons (Fsp3) is 0.550. The standard InChI is InChI=1S/C20H31N3O5/c1-13-7-8-16(21)15(11-13)18(25)23(14(2)12-17(24)27-6)10-9-22-19(26)28-20(3,4)5/h7-8,11,14H,9-10,12,21H2,1-6H3,(H,22,26). The van der Waals surface area contributed by atoms with Crippen molar-refractivity contribution in [3.05, 3.63) is 29.3 Å². The highest BCUT2D eigenvalue weighted by Gasteiger charge is 2.25. The number of hydrogen-bond donors (Lipinski definition) is 2. The summed E-state index contributed by atoms with van der Waals surface area (Å²) < 4.78 is 9.90. The van der Waals surface area contributed by atoms with Gasteiger partial charge in [-0.3, -0.25) is 9.59 Å². The zero-order chi connectivity index (χ0) is 21.5. The van der Waals surface area contributed by atoms with E-state index in [1.165, 1.54) is 12.0 Å². The fourth-order valence-corrected chi connectivity index (χ4v) is 2.56. The maximum atomic E-state index is 13.1. The first-order valence-corrected chi connectivity index (χ1v) is 9.15. The first-order valence-electron chi connectivity index (χ1n) is 9.15. The first-order chi connectivity index (χ1) is 12.9. The molecule has 0 aromatic heterocycles. The Balaban J connectivity index is 2.93. The van der Waals surface area contributed by atoms with Crippen molar-refractivity contribution in [3.63, 3.8) is 0 Å². The van der Waals surface area contributed by atoms with E-state index < -0.39 is 23.7 Å². The van der Waals surface area contributed by atoms with E-state index in [0.29, 0.717) is 11.3 Å². The van der Waals surface area contributed by atoms with Crippen molar-refractivity contribution in [3.8, 4) is 0 Å². The number of nitrogen functional groups attached to an aromatic ring is 1. The van der Waals surface area contributed by atoms with Crippen LogP contribution in [0.1, 0.15) is 50.0 Å². The number of esters is 1. The van der Waals surface area contributed by atoms with Gasteiger partial charge in [-0.25, -0.2) is 4.79 Å². The Morgan fingerprint density at radius 2 is 1.89 bits per heavy atom. The van der Waals surface area contributed by atoms with Gasteiger partial charge in [-0.15, -0.1) is 0 Å². The minimum absolute atomic E-state index is 0.0282. The van der Waals surface area contributed by atoms with Gasteiger partial charge in [-0.2, -0.15) is 0 Å². The zero-order valence-electron chi connectivity index (χ0n) is 17.5. The maximum Gasteiger partial charge on any atom is 0.407 e. The number of anilines is 1. The molecule has 0 aliphatic heterocycles. The predicted molar refractivity (Wildman–Crippen MR) is 107 cm³/mol. The highest BCUT2D eigenvalue weighted by Crippen LogP contribution is 2.18. The Kier molecular flexibility index (Phi) is 8.28.